The summed E-state index contributed by atoms with van der Waals surface area (Å²) in [6.45, 7) is 5.09. The van der Waals surface area contributed by atoms with Crippen molar-refractivity contribution >= 4 is 45.6 Å². The average Bonchev–Trinajstić information content (AvgIpc) is 2.57. The van der Waals surface area contributed by atoms with Gasteiger partial charge < -0.3 is 5.11 Å². The molecule has 0 aliphatic carbocycles. The Hall–Kier alpha value is 0.380. The molecule has 0 aliphatic heterocycles. The van der Waals surface area contributed by atoms with Gasteiger partial charge in [0.15, 0.2) is 0 Å². The van der Waals surface area contributed by atoms with Gasteiger partial charge in [-0.1, -0.05) is 96.8 Å². The first kappa shape index (κ1) is 33.0. The van der Waals surface area contributed by atoms with Gasteiger partial charge in [-0.25, -0.2) is 0 Å². The Morgan fingerprint density at radius 1 is 0.714 bits per heavy atom. The third-order valence-electron chi connectivity index (χ3n) is 4.59. The number of carbonyl (C=O) groups is 1. The molecule has 0 unspecified atom stereocenters. The van der Waals surface area contributed by atoms with E-state index in [0.717, 1.165) is 12.8 Å². The fourth-order valence-corrected chi connectivity index (χ4v) is 2.65. The molecule has 165 valence electrons. The number of unbranched alkanes of at least 4 members (excludes halogenated alkanes) is 14. The number of rotatable bonds is 17. The fraction of sp³-hybridized carbons (Fsp3) is 0.952. The van der Waals surface area contributed by atoms with Gasteiger partial charge in [-0.15, -0.1) is 0 Å². The van der Waals surface area contributed by atoms with Gasteiger partial charge in [0, 0.05) is 36.0 Å². The second-order valence-electron chi connectivity index (χ2n) is 7.66. The molecule has 0 heterocycles. The number of hydrogen-bond acceptors (Lipinski definition) is 3. The van der Waals surface area contributed by atoms with E-state index in [2.05, 4.69) is 6.92 Å². The number of aliphatic carboxylic acids is 1. The van der Waals surface area contributed by atoms with Crippen molar-refractivity contribution in [3.63, 3.8) is 0 Å². The molecule has 0 rings (SSSR count). The maximum Gasteiger partial charge on any atom is 0.303 e. The van der Waals surface area contributed by atoms with E-state index in [1.54, 1.807) is 0 Å². The Bertz CT molecular complexity index is 425. The van der Waals surface area contributed by atoms with Crippen molar-refractivity contribution in [1.82, 2.24) is 0 Å². The molecule has 0 fully saturated rings. The van der Waals surface area contributed by atoms with Gasteiger partial charge in [-0.3, -0.25) is 9.35 Å². The molecule has 28 heavy (non-hydrogen) atoms. The second kappa shape index (κ2) is 23.7. The Morgan fingerprint density at radius 3 is 1.18 bits per heavy atom. The van der Waals surface area contributed by atoms with Crippen LogP contribution in [-0.2, 0) is 14.9 Å². The average molecular weight is 432 g/mol. The van der Waals surface area contributed by atoms with Crippen LogP contribution in [0.3, 0.4) is 0 Å². The van der Waals surface area contributed by atoms with E-state index in [1.165, 1.54) is 97.3 Å². The van der Waals surface area contributed by atoms with E-state index in [-0.39, 0.29) is 29.6 Å². The minimum Gasteiger partial charge on any atom is -0.481 e. The zero-order chi connectivity index (χ0) is 21.0. The summed E-state index contributed by atoms with van der Waals surface area (Å²) in [4.78, 5) is 10.3. The molecule has 0 saturated carbocycles. The standard InChI is InChI=1S/C18H36O2.C3H8O3S.Na/c1-2-3-4-5-6-7-8-9-10-11-12-13-14-15-16-17-18(19)20;1-3(2)7(4,5)6;/h2-17H2,1H3,(H,19,20);3H,1-2H3,(H,4,5,6);. The normalized spacial score (nSPS) is 10.9. The summed E-state index contributed by atoms with van der Waals surface area (Å²) in [6, 6.07) is 0. The van der Waals surface area contributed by atoms with Gasteiger partial charge in [0.05, 0.1) is 5.25 Å². The topological polar surface area (TPSA) is 91.7 Å². The molecule has 2 N–H and O–H groups in total. The molecular weight excluding hydrogens is 387 g/mol. The number of carboxylic acids is 1. The first-order chi connectivity index (χ1) is 12.7. The molecule has 0 aliphatic rings. The Kier molecular flexibility index (Phi) is 27.9. The van der Waals surface area contributed by atoms with Crippen LogP contribution in [0, 0.1) is 0 Å². The van der Waals surface area contributed by atoms with Gasteiger partial charge in [0.1, 0.15) is 0 Å². The van der Waals surface area contributed by atoms with Crippen LogP contribution in [0.15, 0.2) is 0 Å². The zero-order valence-corrected chi connectivity index (χ0v) is 21.7. The van der Waals surface area contributed by atoms with E-state index >= 15 is 0 Å². The summed E-state index contributed by atoms with van der Waals surface area (Å²) in [5.74, 6) is -0.653. The van der Waals surface area contributed by atoms with Crippen LogP contribution in [0.4, 0.5) is 0 Å². The molecule has 1 radical (unpaired) electrons. The molecule has 0 spiro atoms. The maximum absolute atomic E-state index is 10.3. The zero-order valence-electron chi connectivity index (χ0n) is 18.9. The van der Waals surface area contributed by atoms with Crippen LogP contribution in [0.25, 0.3) is 0 Å². The monoisotopic (exact) mass is 431 g/mol. The summed E-state index contributed by atoms with van der Waals surface area (Å²) in [6.07, 6.45) is 20.2. The predicted octanol–water partition coefficient (Wildman–Crippen LogP) is 6.23. The SMILES string of the molecule is CC(C)S(=O)(=O)O.CCCCCCCCCCCCCCCCCC(=O)O.[Na]. The largest absolute Gasteiger partial charge is 0.481 e. The fourth-order valence-electron chi connectivity index (χ4n) is 2.65. The molecule has 0 aromatic rings. The molecule has 0 aromatic carbocycles. The quantitative estimate of drug-likeness (QED) is 0.162. The molecule has 0 bridgehead atoms. The number of carboxylic acid groups (broad SMARTS) is 1. The van der Waals surface area contributed by atoms with Gasteiger partial charge in [0.25, 0.3) is 10.1 Å². The molecule has 0 atom stereocenters. The third kappa shape index (κ3) is 31.1. The van der Waals surface area contributed by atoms with Crippen LogP contribution in [-0.4, -0.2) is 58.9 Å². The van der Waals surface area contributed by atoms with E-state index in [0.29, 0.717) is 6.42 Å². The van der Waals surface area contributed by atoms with Crippen molar-refractivity contribution in [3.8, 4) is 0 Å². The molecule has 0 amide bonds. The van der Waals surface area contributed by atoms with Gasteiger partial charge in [-0.05, 0) is 20.3 Å². The van der Waals surface area contributed by atoms with Crippen molar-refractivity contribution in [3.05, 3.63) is 0 Å². The number of hydrogen-bond donors (Lipinski definition) is 2. The maximum atomic E-state index is 10.3. The van der Waals surface area contributed by atoms with Crippen molar-refractivity contribution < 1.29 is 22.9 Å². The summed E-state index contributed by atoms with van der Waals surface area (Å²) in [5.41, 5.74) is 0. The smallest absolute Gasteiger partial charge is 0.303 e. The minimum absolute atomic E-state index is 0. The first-order valence-electron chi connectivity index (χ1n) is 10.9. The first-order valence-corrected chi connectivity index (χ1v) is 12.4. The van der Waals surface area contributed by atoms with Crippen LogP contribution < -0.4 is 0 Å². The minimum atomic E-state index is -3.74. The van der Waals surface area contributed by atoms with E-state index in [4.69, 9.17) is 9.66 Å². The summed E-state index contributed by atoms with van der Waals surface area (Å²) in [5, 5.41) is 7.84. The summed E-state index contributed by atoms with van der Waals surface area (Å²) < 4.78 is 27.8. The van der Waals surface area contributed by atoms with Gasteiger partial charge in [-0.2, -0.15) is 8.42 Å². The summed E-state index contributed by atoms with van der Waals surface area (Å²) in [7, 11) is -3.74. The van der Waals surface area contributed by atoms with E-state index < -0.39 is 21.3 Å². The molecular formula is C21H44NaO5S. The van der Waals surface area contributed by atoms with Gasteiger partial charge in [0.2, 0.25) is 0 Å². The Labute approximate surface area is 196 Å². The van der Waals surface area contributed by atoms with Crippen molar-refractivity contribution in [2.75, 3.05) is 0 Å². The molecule has 0 saturated heterocycles. The molecule has 0 aromatic heterocycles. The van der Waals surface area contributed by atoms with Crippen LogP contribution in [0.5, 0.6) is 0 Å². The summed E-state index contributed by atoms with van der Waals surface area (Å²) >= 11 is 0. The van der Waals surface area contributed by atoms with E-state index in [1.807, 2.05) is 0 Å². The van der Waals surface area contributed by atoms with Crippen molar-refractivity contribution in [2.24, 2.45) is 0 Å². The molecule has 7 heteroatoms. The second-order valence-corrected chi connectivity index (χ2v) is 9.63. The van der Waals surface area contributed by atoms with Gasteiger partial charge >= 0.3 is 5.97 Å². The predicted molar refractivity (Wildman–Crippen MR) is 120 cm³/mol. The van der Waals surface area contributed by atoms with Crippen LogP contribution >= 0.6 is 0 Å². The van der Waals surface area contributed by atoms with Crippen LogP contribution in [0.1, 0.15) is 124 Å². The third-order valence-corrected chi connectivity index (χ3v) is 5.78. The van der Waals surface area contributed by atoms with Crippen molar-refractivity contribution in [2.45, 2.75) is 129 Å². The van der Waals surface area contributed by atoms with E-state index in [9.17, 15) is 13.2 Å². The Morgan fingerprint density at radius 2 is 0.964 bits per heavy atom. The van der Waals surface area contributed by atoms with Crippen molar-refractivity contribution in [1.29, 1.82) is 0 Å². The Balaban J connectivity index is -0.000000665. The molecule has 5 nitrogen and oxygen atoms in total. The van der Waals surface area contributed by atoms with Crippen LogP contribution in [0.2, 0.25) is 0 Å².